The summed E-state index contributed by atoms with van der Waals surface area (Å²) in [5.74, 6) is -0.910. The minimum atomic E-state index is -0.947. The molecule has 0 radical (unpaired) electrons. The molecular formula is C12H14BrNO4. The first-order valence-electron chi connectivity index (χ1n) is 5.77. The fraction of sp³-hybridized carbons (Fsp3) is 0.500. The number of hydrogen-bond acceptors (Lipinski definition) is 3. The summed E-state index contributed by atoms with van der Waals surface area (Å²) in [6.45, 7) is 2.48. The van der Waals surface area contributed by atoms with Crippen LogP contribution in [0.25, 0.3) is 0 Å². The number of halogens is 1. The van der Waals surface area contributed by atoms with Crippen molar-refractivity contribution in [1.29, 1.82) is 0 Å². The number of carbonyl (C=O) groups excluding carboxylic acids is 1. The first-order chi connectivity index (χ1) is 8.49. The van der Waals surface area contributed by atoms with Gasteiger partial charge in [-0.05, 0) is 34.7 Å². The number of carboxylic acids is 1. The molecule has 2 unspecified atom stereocenters. The SMILES string of the molecule is CC1CCN(C(=O)c2coc(Br)c2)C(C(=O)O)C1. The maximum absolute atomic E-state index is 12.2. The van der Waals surface area contributed by atoms with Crippen LogP contribution in [0.1, 0.15) is 30.1 Å². The van der Waals surface area contributed by atoms with E-state index >= 15 is 0 Å². The van der Waals surface area contributed by atoms with Crippen LogP contribution in [0.2, 0.25) is 0 Å². The Balaban J connectivity index is 2.20. The predicted octanol–water partition coefficient (Wildman–Crippen LogP) is 2.37. The van der Waals surface area contributed by atoms with E-state index in [1.165, 1.54) is 11.2 Å². The Morgan fingerprint density at radius 1 is 1.56 bits per heavy atom. The molecule has 18 heavy (non-hydrogen) atoms. The van der Waals surface area contributed by atoms with Crippen molar-refractivity contribution in [2.45, 2.75) is 25.8 Å². The lowest BCUT2D eigenvalue weighted by atomic mass is 9.92. The Hall–Kier alpha value is -1.30. The van der Waals surface area contributed by atoms with Gasteiger partial charge in [0.1, 0.15) is 12.3 Å². The summed E-state index contributed by atoms with van der Waals surface area (Å²) < 4.78 is 5.48. The zero-order valence-corrected chi connectivity index (χ0v) is 11.5. The van der Waals surface area contributed by atoms with Crippen molar-refractivity contribution in [3.63, 3.8) is 0 Å². The summed E-state index contributed by atoms with van der Waals surface area (Å²) >= 11 is 3.12. The minimum Gasteiger partial charge on any atom is -0.480 e. The van der Waals surface area contributed by atoms with Crippen LogP contribution in [0.15, 0.2) is 21.4 Å². The van der Waals surface area contributed by atoms with E-state index in [2.05, 4.69) is 15.9 Å². The van der Waals surface area contributed by atoms with Crippen LogP contribution in [-0.4, -0.2) is 34.5 Å². The van der Waals surface area contributed by atoms with Crippen molar-refractivity contribution in [1.82, 2.24) is 4.90 Å². The van der Waals surface area contributed by atoms with Gasteiger partial charge in [0.05, 0.1) is 5.56 Å². The smallest absolute Gasteiger partial charge is 0.326 e. The molecule has 1 aromatic rings. The second-order valence-electron chi connectivity index (χ2n) is 4.62. The highest BCUT2D eigenvalue weighted by atomic mass is 79.9. The highest BCUT2D eigenvalue weighted by Gasteiger charge is 2.35. The summed E-state index contributed by atoms with van der Waals surface area (Å²) in [4.78, 5) is 24.9. The van der Waals surface area contributed by atoms with E-state index in [0.29, 0.717) is 29.1 Å². The van der Waals surface area contributed by atoms with Gasteiger partial charge in [0.2, 0.25) is 0 Å². The summed E-state index contributed by atoms with van der Waals surface area (Å²) in [7, 11) is 0. The third kappa shape index (κ3) is 2.58. The number of aliphatic carboxylic acids is 1. The second-order valence-corrected chi connectivity index (χ2v) is 5.40. The summed E-state index contributed by atoms with van der Waals surface area (Å²) in [5, 5.41) is 9.20. The van der Waals surface area contributed by atoms with E-state index in [4.69, 9.17) is 4.42 Å². The number of amides is 1. The number of carboxylic acid groups (broad SMARTS) is 1. The van der Waals surface area contributed by atoms with Crippen molar-refractivity contribution in [2.75, 3.05) is 6.54 Å². The average molecular weight is 316 g/mol. The lowest BCUT2D eigenvalue weighted by Gasteiger charge is -2.35. The third-order valence-electron chi connectivity index (χ3n) is 3.22. The van der Waals surface area contributed by atoms with Crippen LogP contribution in [0.5, 0.6) is 0 Å². The molecule has 0 aliphatic carbocycles. The largest absolute Gasteiger partial charge is 0.480 e. The summed E-state index contributed by atoms with van der Waals surface area (Å²) in [5.41, 5.74) is 0.377. The molecule has 0 bridgehead atoms. The molecule has 5 nitrogen and oxygen atoms in total. The normalized spacial score (nSPS) is 24.0. The Kier molecular flexibility index (Phi) is 3.75. The van der Waals surface area contributed by atoms with E-state index in [0.717, 1.165) is 6.42 Å². The number of rotatable bonds is 2. The van der Waals surface area contributed by atoms with Gasteiger partial charge in [0, 0.05) is 12.6 Å². The summed E-state index contributed by atoms with van der Waals surface area (Å²) in [6, 6.07) is 0.814. The van der Waals surface area contributed by atoms with Gasteiger partial charge >= 0.3 is 5.97 Å². The van der Waals surface area contributed by atoms with Gasteiger partial charge in [-0.2, -0.15) is 0 Å². The Bertz CT molecular complexity index is 470. The van der Waals surface area contributed by atoms with Crippen LogP contribution in [-0.2, 0) is 4.79 Å². The molecule has 1 aromatic heterocycles. The van der Waals surface area contributed by atoms with E-state index < -0.39 is 12.0 Å². The molecule has 98 valence electrons. The highest BCUT2D eigenvalue weighted by molar-refractivity contribution is 9.10. The van der Waals surface area contributed by atoms with Gasteiger partial charge in [0.25, 0.3) is 5.91 Å². The fourth-order valence-electron chi connectivity index (χ4n) is 2.21. The first kappa shape index (κ1) is 13.1. The highest BCUT2D eigenvalue weighted by Crippen LogP contribution is 2.25. The van der Waals surface area contributed by atoms with Gasteiger partial charge < -0.3 is 14.4 Å². The number of hydrogen-bond donors (Lipinski definition) is 1. The third-order valence-corrected chi connectivity index (χ3v) is 3.64. The molecule has 6 heteroatoms. The van der Waals surface area contributed by atoms with Crippen LogP contribution in [0.4, 0.5) is 0 Å². The Morgan fingerprint density at radius 2 is 2.28 bits per heavy atom. The van der Waals surface area contributed by atoms with Crippen molar-refractivity contribution in [3.05, 3.63) is 22.6 Å². The van der Waals surface area contributed by atoms with Gasteiger partial charge in [-0.15, -0.1) is 0 Å². The van der Waals surface area contributed by atoms with Gasteiger partial charge in [-0.1, -0.05) is 6.92 Å². The van der Waals surface area contributed by atoms with E-state index in [1.54, 1.807) is 6.07 Å². The van der Waals surface area contributed by atoms with E-state index in [9.17, 15) is 14.7 Å². The molecule has 1 aliphatic rings. The zero-order chi connectivity index (χ0) is 13.3. The van der Waals surface area contributed by atoms with Gasteiger partial charge in [0.15, 0.2) is 4.67 Å². The molecule has 0 spiro atoms. The molecule has 2 heterocycles. The van der Waals surface area contributed by atoms with Crippen molar-refractivity contribution in [3.8, 4) is 0 Å². The predicted molar refractivity (Wildman–Crippen MR) is 67.3 cm³/mol. The molecule has 1 saturated heterocycles. The molecule has 2 rings (SSSR count). The minimum absolute atomic E-state index is 0.288. The van der Waals surface area contributed by atoms with E-state index in [1.807, 2.05) is 6.92 Å². The monoisotopic (exact) mass is 315 g/mol. The second kappa shape index (κ2) is 5.14. The standard InChI is InChI=1S/C12H14BrNO4/c1-7-2-3-14(9(4-7)12(16)17)11(15)8-5-10(13)18-6-8/h5-7,9H,2-4H2,1H3,(H,16,17). The maximum atomic E-state index is 12.2. The number of nitrogens with zero attached hydrogens (tertiary/aromatic N) is 1. The van der Waals surface area contributed by atoms with Crippen LogP contribution < -0.4 is 0 Å². The Morgan fingerprint density at radius 3 is 2.83 bits per heavy atom. The molecule has 2 atom stereocenters. The molecule has 1 amide bonds. The molecule has 0 saturated carbocycles. The van der Waals surface area contributed by atoms with E-state index in [-0.39, 0.29) is 5.91 Å². The zero-order valence-electron chi connectivity index (χ0n) is 9.93. The van der Waals surface area contributed by atoms with Crippen molar-refractivity contribution < 1.29 is 19.1 Å². The fourth-order valence-corrected chi connectivity index (χ4v) is 2.55. The lowest BCUT2D eigenvalue weighted by molar-refractivity contribution is -0.144. The maximum Gasteiger partial charge on any atom is 0.326 e. The summed E-state index contributed by atoms with van der Waals surface area (Å²) in [6.07, 6.45) is 2.66. The molecule has 1 aliphatic heterocycles. The van der Waals surface area contributed by atoms with Crippen molar-refractivity contribution >= 4 is 27.8 Å². The number of carbonyl (C=O) groups is 2. The number of piperidine rings is 1. The average Bonchev–Trinajstić information content (AvgIpc) is 2.75. The lowest BCUT2D eigenvalue weighted by Crippen LogP contribution is -2.49. The number of likely N-dealkylation sites (tertiary alicyclic amines) is 1. The molecule has 1 fully saturated rings. The first-order valence-corrected chi connectivity index (χ1v) is 6.56. The topological polar surface area (TPSA) is 70.8 Å². The molecular weight excluding hydrogens is 302 g/mol. The van der Waals surface area contributed by atoms with Crippen LogP contribution in [0, 0.1) is 5.92 Å². The molecule has 1 N–H and O–H groups in total. The number of furan rings is 1. The van der Waals surface area contributed by atoms with Gasteiger partial charge in [-0.25, -0.2) is 4.79 Å². The quantitative estimate of drug-likeness (QED) is 0.909. The van der Waals surface area contributed by atoms with Crippen molar-refractivity contribution in [2.24, 2.45) is 5.92 Å². The van der Waals surface area contributed by atoms with Gasteiger partial charge in [-0.3, -0.25) is 4.79 Å². The molecule has 0 aromatic carbocycles. The van der Waals surface area contributed by atoms with Crippen LogP contribution in [0.3, 0.4) is 0 Å². The van der Waals surface area contributed by atoms with Crippen LogP contribution >= 0.6 is 15.9 Å². The Labute approximate surface area is 113 Å².